The number of rotatable bonds is 3. The molecule has 11 heteroatoms. The number of amides is 2. The van der Waals surface area contributed by atoms with Crippen LogP contribution in [-0.4, -0.2) is 16.5 Å². The Labute approximate surface area is 182 Å². The molecule has 3 rings (SSSR count). The molecule has 7 nitrogen and oxygen atoms in total. The molecule has 0 spiro atoms. The van der Waals surface area contributed by atoms with Gasteiger partial charge in [0.05, 0.1) is 55.2 Å². The van der Waals surface area contributed by atoms with Crippen LogP contribution in [0.25, 0.3) is 0 Å². The molecule has 1 aliphatic heterocycles. The first-order valence-electron chi connectivity index (χ1n) is 9.05. The summed E-state index contributed by atoms with van der Waals surface area (Å²) in [5, 5.41) is 21.5. The molecule has 0 radical (unpaired) electrons. The summed E-state index contributed by atoms with van der Waals surface area (Å²) in [5.74, 6) is 0. The van der Waals surface area contributed by atoms with Gasteiger partial charge in [-0.3, -0.25) is 4.90 Å². The van der Waals surface area contributed by atoms with E-state index in [1.165, 1.54) is 31.2 Å². The van der Waals surface area contributed by atoms with E-state index >= 15 is 0 Å². The number of urea groups is 1. The Kier molecular flexibility index (Phi) is 5.73. The van der Waals surface area contributed by atoms with E-state index in [1.807, 2.05) is 12.1 Å². The lowest BCUT2D eigenvalue weighted by Crippen LogP contribution is -2.46. The van der Waals surface area contributed by atoms with E-state index in [2.05, 4.69) is 5.32 Å². The molecule has 0 fully saturated rings. The van der Waals surface area contributed by atoms with E-state index < -0.39 is 33.5 Å². The predicted octanol–water partition coefficient (Wildman–Crippen LogP) is 4.68. The maximum Gasteiger partial charge on any atom is 0.416 e. The first-order valence-corrected chi connectivity index (χ1v) is 11.0. The lowest BCUT2D eigenvalue weighted by molar-refractivity contribution is -0.137. The second-order valence-corrected chi connectivity index (χ2v) is 9.21. The van der Waals surface area contributed by atoms with Crippen molar-refractivity contribution in [2.75, 3.05) is 11.2 Å². The van der Waals surface area contributed by atoms with Crippen molar-refractivity contribution in [2.45, 2.75) is 24.0 Å². The molecular formula is C21H16F3N5O2S. The fourth-order valence-electron chi connectivity index (χ4n) is 3.43. The predicted molar refractivity (Wildman–Crippen MR) is 110 cm³/mol. The molecule has 0 aromatic heterocycles. The number of hydrogen-bond acceptors (Lipinski definition) is 5. The third kappa shape index (κ3) is 4.15. The molecular weight excluding hydrogens is 443 g/mol. The highest BCUT2D eigenvalue weighted by Gasteiger charge is 2.36. The number of halogens is 3. The molecule has 1 heterocycles. The van der Waals surface area contributed by atoms with Crippen molar-refractivity contribution in [1.82, 2.24) is 5.32 Å². The zero-order valence-corrected chi connectivity index (χ0v) is 17.6. The number of nitrogens with one attached hydrogen (secondary N) is 2. The second-order valence-electron chi connectivity index (χ2n) is 7.08. The van der Waals surface area contributed by atoms with Crippen LogP contribution in [0.5, 0.6) is 0 Å². The molecule has 0 saturated heterocycles. The van der Waals surface area contributed by atoms with Crippen LogP contribution in [0.3, 0.4) is 0 Å². The summed E-state index contributed by atoms with van der Waals surface area (Å²) in [6.45, 7) is 1.41. The van der Waals surface area contributed by atoms with Crippen molar-refractivity contribution >= 4 is 21.4 Å². The normalized spacial score (nSPS) is 18.4. The fraction of sp³-hybridized carbons (Fsp3) is 0.190. The number of alkyl halides is 3. The van der Waals surface area contributed by atoms with Gasteiger partial charge in [-0.05, 0) is 42.8 Å². The Morgan fingerprint density at radius 2 is 1.84 bits per heavy atom. The highest BCUT2D eigenvalue weighted by Crippen LogP contribution is 2.37. The second kappa shape index (κ2) is 8.02. The van der Waals surface area contributed by atoms with Crippen molar-refractivity contribution in [3.05, 3.63) is 70.4 Å². The smallest absolute Gasteiger partial charge is 0.326 e. The van der Waals surface area contributed by atoms with Crippen molar-refractivity contribution in [3.8, 4) is 12.1 Å². The number of nitriles is 2. The standard InChI is InChI=1S/C21H16F3N5O2S/c1-12-17(11-26)19(16-7-6-13(10-25)8-18(16)32(2,27)31)28-20(30)29(12)15-5-3-4-14(9-15)21(22,23)24/h3-9,19,27H,1-2H3,(H,28,30)/t19-,32?/m1/s1. The number of benzene rings is 2. The summed E-state index contributed by atoms with van der Waals surface area (Å²) in [6, 6.07) is 10.2. The first kappa shape index (κ1) is 22.8. The monoisotopic (exact) mass is 459 g/mol. The third-order valence-corrected chi connectivity index (χ3v) is 6.10. The zero-order valence-electron chi connectivity index (χ0n) is 16.8. The van der Waals surface area contributed by atoms with E-state index in [1.54, 1.807) is 0 Å². The van der Waals surface area contributed by atoms with Crippen LogP contribution < -0.4 is 10.2 Å². The van der Waals surface area contributed by atoms with Crippen LogP contribution in [0.2, 0.25) is 0 Å². The Morgan fingerprint density at radius 1 is 1.16 bits per heavy atom. The number of carbonyl (C=O) groups excluding carboxylic acids is 1. The third-order valence-electron chi connectivity index (χ3n) is 4.91. The van der Waals surface area contributed by atoms with E-state index in [-0.39, 0.29) is 33.0 Å². The summed E-state index contributed by atoms with van der Waals surface area (Å²) >= 11 is 0. The molecule has 1 aliphatic rings. The molecule has 2 amide bonds. The summed E-state index contributed by atoms with van der Waals surface area (Å²) in [4.78, 5) is 13.9. The molecule has 0 bridgehead atoms. The zero-order chi connectivity index (χ0) is 23.8. The van der Waals surface area contributed by atoms with Gasteiger partial charge >= 0.3 is 12.2 Å². The van der Waals surface area contributed by atoms with Crippen molar-refractivity contribution in [3.63, 3.8) is 0 Å². The van der Waals surface area contributed by atoms with Crippen molar-refractivity contribution < 1.29 is 22.2 Å². The SMILES string of the molecule is CC1=C(C#N)[C@@H](c2ccc(C#N)cc2S(C)(=N)=O)NC(=O)N1c1cccc(C(F)(F)F)c1. The topological polar surface area (TPSA) is 121 Å². The van der Waals surface area contributed by atoms with Crippen LogP contribution in [0.15, 0.2) is 58.6 Å². The highest BCUT2D eigenvalue weighted by molar-refractivity contribution is 7.91. The van der Waals surface area contributed by atoms with E-state index in [4.69, 9.17) is 10.0 Å². The van der Waals surface area contributed by atoms with Gasteiger partial charge in [-0.2, -0.15) is 23.7 Å². The molecule has 2 aromatic rings. The van der Waals surface area contributed by atoms with Gasteiger partial charge in [-0.15, -0.1) is 0 Å². The van der Waals surface area contributed by atoms with E-state index in [0.717, 1.165) is 29.4 Å². The quantitative estimate of drug-likeness (QED) is 0.692. The number of anilines is 1. The van der Waals surface area contributed by atoms with Crippen LogP contribution in [-0.2, 0) is 15.9 Å². The average Bonchev–Trinajstić information content (AvgIpc) is 2.72. The number of hydrogen-bond donors (Lipinski definition) is 2. The van der Waals surface area contributed by atoms with Crippen LogP contribution in [0, 0.1) is 27.4 Å². The van der Waals surface area contributed by atoms with Crippen LogP contribution >= 0.6 is 0 Å². The van der Waals surface area contributed by atoms with Gasteiger partial charge in [0.1, 0.15) is 0 Å². The van der Waals surface area contributed by atoms with Gasteiger partial charge in [0.2, 0.25) is 0 Å². The Balaban J connectivity index is 2.19. The lowest BCUT2D eigenvalue weighted by Gasteiger charge is -2.34. The average molecular weight is 459 g/mol. The largest absolute Gasteiger partial charge is 0.416 e. The van der Waals surface area contributed by atoms with Crippen molar-refractivity contribution in [2.24, 2.45) is 0 Å². The molecule has 0 aliphatic carbocycles. The molecule has 2 aromatic carbocycles. The molecule has 2 N–H and O–H groups in total. The molecule has 164 valence electrons. The number of nitrogens with zero attached hydrogens (tertiary/aromatic N) is 3. The molecule has 32 heavy (non-hydrogen) atoms. The number of allylic oxidation sites excluding steroid dienone is 1. The fourth-order valence-corrected chi connectivity index (χ4v) is 4.42. The van der Waals surface area contributed by atoms with Gasteiger partial charge in [0.25, 0.3) is 0 Å². The van der Waals surface area contributed by atoms with Gasteiger partial charge in [-0.25, -0.2) is 13.8 Å². The molecule has 0 saturated carbocycles. The van der Waals surface area contributed by atoms with Gasteiger partial charge in [0.15, 0.2) is 0 Å². The highest BCUT2D eigenvalue weighted by atomic mass is 32.2. The Morgan fingerprint density at radius 3 is 2.41 bits per heavy atom. The minimum absolute atomic E-state index is 0.00313. The van der Waals surface area contributed by atoms with Gasteiger partial charge in [0, 0.05) is 12.0 Å². The van der Waals surface area contributed by atoms with Gasteiger partial charge < -0.3 is 5.32 Å². The van der Waals surface area contributed by atoms with Crippen LogP contribution in [0.4, 0.5) is 23.7 Å². The summed E-state index contributed by atoms with van der Waals surface area (Å²) < 4.78 is 59.9. The maximum absolute atomic E-state index is 13.1. The van der Waals surface area contributed by atoms with Crippen molar-refractivity contribution in [1.29, 1.82) is 15.3 Å². The van der Waals surface area contributed by atoms with Gasteiger partial charge in [-0.1, -0.05) is 12.1 Å². The molecule has 2 atom stereocenters. The minimum atomic E-state index is -4.62. The lowest BCUT2D eigenvalue weighted by atomic mass is 9.94. The summed E-state index contributed by atoms with van der Waals surface area (Å²) in [5.41, 5.74) is -0.608. The summed E-state index contributed by atoms with van der Waals surface area (Å²) in [6.07, 6.45) is -3.47. The maximum atomic E-state index is 13.1. The molecule has 1 unspecified atom stereocenters. The Hall–Kier alpha value is -3.83. The summed E-state index contributed by atoms with van der Waals surface area (Å²) in [7, 11) is -3.34. The van der Waals surface area contributed by atoms with E-state index in [0.29, 0.717) is 0 Å². The van der Waals surface area contributed by atoms with Crippen LogP contribution in [0.1, 0.15) is 29.7 Å². The number of carbonyl (C=O) groups is 1. The first-order chi connectivity index (χ1) is 14.9. The minimum Gasteiger partial charge on any atom is -0.326 e. The van der Waals surface area contributed by atoms with E-state index in [9.17, 15) is 27.4 Å². The Bertz CT molecular complexity index is 1330.